The summed E-state index contributed by atoms with van der Waals surface area (Å²) in [6.07, 6.45) is 6.77. The van der Waals surface area contributed by atoms with Crippen LogP contribution >= 0.6 is 0 Å². The van der Waals surface area contributed by atoms with Gasteiger partial charge in [0.25, 0.3) is 0 Å². The van der Waals surface area contributed by atoms with Crippen LogP contribution in [-0.4, -0.2) is 9.97 Å². The van der Waals surface area contributed by atoms with Crippen LogP contribution in [0.5, 0.6) is 0 Å². The first-order chi connectivity index (χ1) is 7.33. The van der Waals surface area contributed by atoms with E-state index >= 15 is 0 Å². The second-order valence-corrected chi connectivity index (χ2v) is 2.88. The molecule has 0 aliphatic rings. The van der Waals surface area contributed by atoms with Gasteiger partial charge in [-0.1, -0.05) is 6.07 Å². The third-order valence-corrected chi connectivity index (χ3v) is 1.60. The summed E-state index contributed by atoms with van der Waals surface area (Å²) in [5.74, 6) is 0. The topological polar surface area (TPSA) is 49.6 Å². The lowest BCUT2D eigenvalue weighted by atomic mass is 10.3. The molecule has 15 heavy (non-hydrogen) atoms. The molecular weight excluding hydrogens is 186 g/mol. The van der Waals surface area contributed by atoms with Gasteiger partial charge in [0.15, 0.2) is 0 Å². The van der Waals surface area contributed by atoms with E-state index in [1.54, 1.807) is 24.5 Å². The van der Waals surface area contributed by atoms with Crippen LogP contribution in [0.3, 0.4) is 0 Å². The van der Waals surface area contributed by atoms with E-state index < -0.39 is 0 Å². The van der Waals surface area contributed by atoms with E-state index in [9.17, 15) is 0 Å². The Balaban J connectivity index is 0.000000151. The largest absolute Gasteiger partial charge is 0.264 e. The quantitative estimate of drug-likeness (QED) is 0.651. The molecular formula is C12H11N3. The normalized spacial score (nSPS) is 8.27. The van der Waals surface area contributed by atoms with Gasteiger partial charge in [0.2, 0.25) is 0 Å². The number of rotatable bonds is 0. The second kappa shape index (κ2) is 6.28. The van der Waals surface area contributed by atoms with Crippen molar-refractivity contribution in [1.82, 2.24) is 9.97 Å². The fraction of sp³-hybridized carbons (Fsp3) is 0.0833. The van der Waals surface area contributed by atoms with Crippen molar-refractivity contribution < 1.29 is 0 Å². The highest BCUT2D eigenvalue weighted by Crippen LogP contribution is 1.89. The molecule has 2 aromatic rings. The zero-order valence-electron chi connectivity index (χ0n) is 8.46. The zero-order chi connectivity index (χ0) is 10.9. The number of hydrogen-bond donors (Lipinski definition) is 0. The van der Waals surface area contributed by atoms with E-state index in [1.807, 2.05) is 31.3 Å². The van der Waals surface area contributed by atoms with E-state index in [4.69, 9.17) is 5.26 Å². The standard InChI is InChI=1S/C6H4N2.C6H7N/c7-4-6-2-1-3-8-5-6;1-6-3-2-4-7-5-6/h1-3,5H;2-5H,1H3. The van der Waals surface area contributed by atoms with Crippen molar-refractivity contribution in [1.29, 1.82) is 5.26 Å². The molecule has 0 fully saturated rings. The smallest absolute Gasteiger partial charge is 0.101 e. The Morgan fingerprint density at radius 1 is 1.07 bits per heavy atom. The molecule has 0 saturated heterocycles. The highest BCUT2D eigenvalue weighted by Gasteiger charge is 1.80. The molecule has 0 spiro atoms. The van der Waals surface area contributed by atoms with Crippen LogP contribution in [0.15, 0.2) is 49.1 Å². The first kappa shape index (κ1) is 10.9. The molecule has 0 atom stereocenters. The van der Waals surface area contributed by atoms with Gasteiger partial charge in [0.1, 0.15) is 6.07 Å². The Labute approximate surface area is 89.1 Å². The van der Waals surface area contributed by atoms with Gasteiger partial charge in [-0.15, -0.1) is 0 Å². The van der Waals surface area contributed by atoms with Crippen molar-refractivity contribution in [3.05, 3.63) is 60.2 Å². The summed E-state index contributed by atoms with van der Waals surface area (Å²) < 4.78 is 0. The van der Waals surface area contributed by atoms with E-state index in [1.165, 1.54) is 11.8 Å². The Bertz CT molecular complexity index is 418. The van der Waals surface area contributed by atoms with E-state index in [0.29, 0.717) is 5.56 Å². The van der Waals surface area contributed by atoms with Gasteiger partial charge in [-0.25, -0.2) is 0 Å². The lowest BCUT2D eigenvalue weighted by molar-refractivity contribution is 1.27. The lowest BCUT2D eigenvalue weighted by Crippen LogP contribution is -1.72. The van der Waals surface area contributed by atoms with Crippen LogP contribution in [0.4, 0.5) is 0 Å². The van der Waals surface area contributed by atoms with Gasteiger partial charge in [-0.2, -0.15) is 5.26 Å². The number of nitrogens with zero attached hydrogens (tertiary/aromatic N) is 3. The summed E-state index contributed by atoms with van der Waals surface area (Å²) in [5.41, 5.74) is 1.81. The Hall–Kier alpha value is -2.21. The van der Waals surface area contributed by atoms with Gasteiger partial charge >= 0.3 is 0 Å². The van der Waals surface area contributed by atoms with Crippen molar-refractivity contribution in [3.63, 3.8) is 0 Å². The van der Waals surface area contributed by atoms with Crippen LogP contribution in [0.2, 0.25) is 0 Å². The minimum Gasteiger partial charge on any atom is -0.264 e. The van der Waals surface area contributed by atoms with Gasteiger partial charge in [0.05, 0.1) is 5.56 Å². The van der Waals surface area contributed by atoms with Crippen LogP contribution in [0.1, 0.15) is 11.1 Å². The van der Waals surface area contributed by atoms with Crippen LogP contribution in [0, 0.1) is 18.3 Å². The third-order valence-electron chi connectivity index (χ3n) is 1.60. The first-order valence-corrected chi connectivity index (χ1v) is 4.49. The van der Waals surface area contributed by atoms with Crippen molar-refractivity contribution in [3.8, 4) is 6.07 Å². The maximum Gasteiger partial charge on any atom is 0.101 e. The molecule has 0 aromatic carbocycles. The molecule has 74 valence electrons. The van der Waals surface area contributed by atoms with Gasteiger partial charge < -0.3 is 0 Å². The number of aryl methyl sites for hydroxylation is 1. The lowest BCUT2D eigenvalue weighted by Gasteiger charge is -1.82. The average molecular weight is 197 g/mol. The summed E-state index contributed by atoms with van der Waals surface area (Å²) in [7, 11) is 0. The molecule has 2 aromatic heterocycles. The summed E-state index contributed by atoms with van der Waals surface area (Å²) in [6, 6.07) is 9.36. The molecule has 0 radical (unpaired) electrons. The molecule has 0 aliphatic carbocycles. The predicted molar refractivity (Wildman–Crippen MR) is 57.9 cm³/mol. The first-order valence-electron chi connectivity index (χ1n) is 4.49. The molecule has 0 bridgehead atoms. The van der Waals surface area contributed by atoms with Crippen molar-refractivity contribution in [2.24, 2.45) is 0 Å². The number of nitriles is 1. The third kappa shape index (κ3) is 4.53. The number of pyridine rings is 2. The van der Waals surface area contributed by atoms with E-state index in [2.05, 4.69) is 9.97 Å². The Kier molecular flexibility index (Phi) is 4.55. The Morgan fingerprint density at radius 2 is 1.73 bits per heavy atom. The average Bonchev–Trinajstić information content (AvgIpc) is 2.32. The zero-order valence-corrected chi connectivity index (χ0v) is 8.46. The van der Waals surface area contributed by atoms with Crippen molar-refractivity contribution >= 4 is 0 Å². The van der Waals surface area contributed by atoms with Gasteiger partial charge in [-0.3, -0.25) is 9.97 Å². The maximum atomic E-state index is 8.25. The van der Waals surface area contributed by atoms with Gasteiger partial charge in [-0.05, 0) is 30.7 Å². The highest BCUT2D eigenvalue weighted by molar-refractivity contribution is 5.23. The highest BCUT2D eigenvalue weighted by atomic mass is 14.6. The van der Waals surface area contributed by atoms with Crippen molar-refractivity contribution in [2.75, 3.05) is 0 Å². The maximum absolute atomic E-state index is 8.25. The number of aromatic nitrogens is 2. The molecule has 0 amide bonds. The summed E-state index contributed by atoms with van der Waals surface area (Å²) in [5, 5.41) is 8.25. The van der Waals surface area contributed by atoms with E-state index in [0.717, 1.165) is 0 Å². The minimum absolute atomic E-state index is 0.604. The van der Waals surface area contributed by atoms with E-state index in [-0.39, 0.29) is 0 Å². The molecule has 3 nitrogen and oxygen atoms in total. The molecule has 0 aliphatic heterocycles. The van der Waals surface area contributed by atoms with Crippen LogP contribution in [0.25, 0.3) is 0 Å². The molecule has 2 rings (SSSR count). The van der Waals surface area contributed by atoms with Crippen LogP contribution < -0.4 is 0 Å². The number of hydrogen-bond acceptors (Lipinski definition) is 3. The summed E-state index contributed by atoms with van der Waals surface area (Å²) >= 11 is 0. The fourth-order valence-corrected chi connectivity index (χ4v) is 0.877. The second-order valence-electron chi connectivity index (χ2n) is 2.88. The molecule has 2 heterocycles. The Morgan fingerprint density at radius 3 is 2.00 bits per heavy atom. The molecule has 3 heteroatoms. The molecule has 0 unspecified atom stereocenters. The fourth-order valence-electron chi connectivity index (χ4n) is 0.877. The molecule has 0 saturated carbocycles. The minimum atomic E-state index is 0.604. The predicted octanol–water partition coefficient (Wildman–Crippen LogP) is 2.34. The van der Waals surface area contributed by atoms with Crippen molar-refractivity contribution in [2.45, 2.75) is 6.92 Å². The monoisotopic (exact) mass is 197 g/mol. The van der Waals surface area contributed by atoms with Gasteiger partial charge in [0, 0.05) is 24.8 Å². The SMILES string of the molecule is Cc1cccnc1.N#Cc1cccnc1. The van der Waals surface area contributed by atoms with Crippen LogP contribution in [-0.2, 0) is 0 Å². The summed E-state index contributed by atoms with van der Waals surface area (Å²) in [6.45, 7) is 2.02. The molecule has 0 N–H and O–H groups in total. The summed E-state index contributed by atoms with van der Waals surface area (Å²) in [4.78, 5) is 7.62.